The number of halogens is 2. The zero-order chi connectivity index (χ0) is 7.56. The molecule has 0 spiro atoms. The van der Waals surface area contributed by atoms with Crippen LogP contribution < -0.4 is 0 Å². The highest BCUT2D eigenvalue weighted by Crippen LogP contribution is 2.14. The molecule has 1 aromatic rings. The van der Waals surface area contributed by atoms with Crippen LogP contribution in [0.2, 0.25) is 0 Å². The molecular weight excluding hydrogens is 217 g/mol. The van der Waals surface area contributed by atoms with E-state index in [1.54, 1.807) is 0 Å². The van der Waals surface area contributed by atoms with Gasteiger partial charge < -0.3 is 0 Å². The number of hydrogen-bond donors (Lipinski definition) is 0. The van der Waals surface area contributed by atoms with Crippen molar-refractivity contribution in [3.05, 3.63) is 40.2 Å². The van der Waals surface area contributed by atoms with Crippen LogP contribution in [0.4, 0.5) is 10.1 Å². The zero-order valence-electron chi connectivity index (χ0n) is 5.36. The summed E-state index contributed by atoms with van der Waals surface area (Å²) in [6, 6.07) is 5.00. The molecule has 0 saturated heterocycles. The van der Waals surface area contributed by atoms with Crippen LogP contribution in [0.25, 0.3) is 0 Å². The molecule has 5 heteroatoms. The lowest BCUT2D eigenvalue weighted by atomic mass is 10.3. The van der Waals surface area contributed by atoms with Crippen molar-refractivity contribution in [2.45, 2.75) is 0 Å². The van der Waals surface area contributed by atoms with Crippen molar-refractivity contribution in [1.29, 1.82) is 0 Å². The molecule has 0 aromatic heterocycles. The van der Waals surface area contributed by atoms with Crippen molar-refractivity contribution in [3.8, 4) is 0 Å². The van der Waals surface area contributed by atoms with Crippen LogP contribution in [-0.2, 0) is 0 Å². The molecule has 0 aliphatic carbocycles. The Hall–Kier alpha value is -0.970. The molecule has 1 rings (SSSR count). The van der Waals surface area contributed by atoms with Gasteiger partial charge >= 0.3 is 5.69 Å². The number of rotatable bonds is 1. The van der Waals surface area contributed by atoms with Gasteiger partial charge in [0.2, 0.25) is 5.82 Å². The summed E-state index contributed by atoms with van der Waals surface area (Å²) in [5.41, 5.74) is -0.484. The molecule has 0 atom stereocenters. The van der Waals surface area contributed by atoms with Gasteiger partial charge in [0.15, 0.2) is 0 Å². The first-order valence-corrected chi connectivity index (χ1v) is 2.61. The van der Waals surface area contributed by atoms with Crippen molar-refractivity contribution in [3.63, 3.8) is 0 Å². The number of nitro groups is 1. The lowest BCUT2D eigenvalue weighted by molar-refractivity contribution is -0.387. The maximum Gasteiger partial charge on any atom is 0.304 e. The summed E-state index contributed by atoms with van der Waals surface area (Å²) >= 11 is 0. The van der Waals surface area contributed by atoms with E-state index in [9.17, 15) is 14.5 Å². The van der Waals surface area contributed by atoms with Gasteiger partial charge in [0, 0.05) is 6.07 Å². The first kappa shape index (κ1) is 10.0. The Balaban J connectivity index is 0.000001000. The summed E-state index contributed by atoms with van der Waals surface area (Å²) < 4.78 is 12.4. The highest BCUT2D eigenvalue weighted by molar-refractivity contribution is 8.93. The van der Waals surface area contributed by atoms with Crippen LogP contribution in [0.3, 0.4) is 0 Å². The molecule has 0 amide bonds. The summed E-state index contributed by atoms with van der Waals surface area (Å²) in [6.07, 6.45) is 0. The average molecular weight is 222 g/mol. The van der Waals surface area contributed by atoms with Gasteiger partial charge in [-0.15, -0.1) is 17.0 Å². The molecule has 1 aromatic carbocycles. The van der Waals surface area contributed by atoms with Gasteiger partial charge in [0.25, 0.3) is 0 Å². The molecule has 0 saturated carbocycles. The van der Waals surface area contributed by atoms with E-state index < -0.39 is 16.4 Å². The number of para-hydroxylation sites is 1. The van der Waals surface area contributed by atoms with Gasteiger partial charge in [-0.25, -0.2) is 0 Å². The molecule has 0 aliphatic heterocycles. The summed E-state index contributed by atoms with van der Waals surface area (Å²) in [5, 5.41) is 9.99. The Morgan fingerprint density at radius 2 is 1.91 bits per heavy atom. The number of hydrogen-bond acceptors (Lipinski definition) is 2. The molecule has 0 N–H and O–H groups in total. The van der Waals surface area contributed by atoms with Crippen LogP contribution in [-0.4, -0.2) is 4.92 Å². The third-order valence-corrected chi connectivity index (χ3v) is 1.05. The maximum atomic E-state index is 12.4. The fourth-order valence-electron chi connectivity index (χ4n) is 0.600. The molecule has 3 nitrogen and oxygen atoms in total. The summed E-state index contributed by atoms with van der Waals surface area (Å²) in [7, 11) is 0. The number of nitrogens with zero attached hydrogens (tertiary/aromatic N) is 1. The standard InChI is InChI=1S/C6H4FNO2.BrH/c7-5-3-1-2-4-6(5)8(9)10;/h1-4H;1H. The zero-order valence-corrected chi connectivity index (χ0v) is 7.07. The molecule has 0 radical (unpaired) electrons. The van der Waals surface area contributed by atoms with E-state index in [0.717, 1.165) is 12.1 Å². The van der Waals surface area contributed by atoms with Crippen molar-refractivity contribution in [2.24, 2.45) is 0 Å². The van der Waals surface area contributed by atoms with Crippen LogP contribution in [0, 0.1) is 15.9 Å². The minimum atomic E-state index is -0.799. The highest BCUT2D eigenvalue weighted by atomic mass is 79.9. The molecule has 0 bridgehead atoms. The van der Waals surface area contributed by atoms with E-state index in [-0.39, 0.29) is 17.0 Å². The third kappa shape index (κ3) is 2.27. The predicted octanol–water partition coefficient (Wildman–Crippen LogP) is 2.31. The van der Waals surface area contributed by atoms with E-state index >= 15 is 0 Å². The van der Waals surface area contributed by atoms with Gasteiger partial charge in [0.1, 0.15) is 0 Å². The van der Waals surface area contributed by atoms with Gasteiger partial charge in [-0.05, 0) is 6.07 Å². The van der Waals surface area contributed by atoms with Gasteiger partial charge in [0.05, 0.1) is 4.92 Å². The second kappa shape index (κ2) is 4.02. The highest BCUT2D eigenvalue weighted by Gasteiger charge is 2.09. The minimum Gasteiger partial charge on any atom is -0.258 e. The first-order chi connectivity index (χ1) is 4.72. The van der Waals surface area contributed by atoms with Crippen molar-refractivity contribution < 1.29 is 9.31 Å². The third-order valence-electron chi connectivity index (χ3n) is 1.05. The smallest absolute Gasteiger partial charge is 0.258 e. The lowest BCUT2D eigenvalue weighted by Crippen LogP contribution is -1.90. The normalized spacial score (nSPS) is 8.45. The van der Waals surface area contributed by atoms with Crippen LogP contribution >= 0.6 is 17.0 Å². The SMILES string of the molecule is Br.O=[N+]([O-])c1ccccc1F. The van der Waals surface area contributed by atoms with E-state index in [4.69, 9.17) is 0 Å². The predicted molar refractivity (Wildman–Crippen MR) is 43.4 cm³/mol. The van der Waals surface area contributed by atoms with Crippen LogP contribution in [0.15, 0.2) is 24.3 Å². The van der Waals surface area contributed by atoms with Crippen LogP contribution in [0.5, 0.6) is 0 Å². The van der Waals surface area contributed by atoms with Crippen molar-refractivity contribution >= 4 is 22.7 Å². The summed E-state index contributed by atoms with van der Waals surface area (Å²) in [5.74, 6) is -0.799. The van der Waals surface area contributed by atoms with Crippen molar-refractivity contribution in [1.82, 2.24) is 0 Å². The Bertz CT molecular complexity index is 267. The fourth-order valence-corrected chi connectivity index (χ4v) is 0.600. The van der Waals surface area contributed by atoms with Crippen LogP contribution in [0.1, 0.15) is 0 Å². The topological polar surface area (TPSA) is 43.1 Å². The quantitative estimate of drug-likeness (QED) is 0.540. The number of nitro benzene ring substituents is 1. The van der Waals surface area contributed by atoms with Gasteiger partial charge in [-0.1, -0.05) is 12.1 Å². The molecule has 60 valence electrons. The minimum absolute atomic E-state index is 0. The second-order valence-electron chi connectivity index (χ2n) is 1.71. The summed E-state index contributed by atoms with van der Waals surface area (Å²) in [6.45, 7) is 0. The van der Waals surface area contributed by atoms with E-state index in [2.05, 4.69) is 0 Å². The average Bonchev–Trinajstić information content (AvgIpc) is 1.88. The first-order valence-electron chi connectivity index (χ1n) is 2.61. The Morgan fingerprint density at radius 1 is 1.36 bits per heavy atom. The maximum absolute atomic E-state index is 12.4. The second-order valence-corrected chi connectivity index (χ2v) is 1.71. The molecule has 0 aliphatic rings. The lowest BCUT2D eigenvalue weighted by Gasteiger charge is -1.89. The molecule has 11 heavy (non-hydrogen) atoms. The molecule has 0 fully saturated rings. The van der Waals surface area contributed by atoms with Gasteiger partial charge in [-0.2, -0.15) is 4.39 Å². The Kier molecular flexibility index (Phi) is 3.67. The molecular formula is C6H5BrFNO2. The van der Waals surface area contributed by atoms with Crippen molar-refractivity contribution in [2.75, 3.05) is 0 Å². The van der Waals surface area contributed by atoms with E-state index in [1.807, 2.05) is 0 Å². The largest absolute Gasteiger partial charge is 0.304 e. The Labute approximate surface area is 72.8 Å². The number of benzene rings is 1. The van der Waals surface area contributed by atoms with E-state index in [1.165, 1.54) is 12.1 Å². The molecule has 0 heterocycles. The Morgan fingerprint density at radius 3 is 2.27 bits per heavy atom. The monoisotopic (exact) mass is 221 g/mol. The van der Waals surface area contributed by atoms with E-state index in [0.29, 0.717) is 0 Å². The summed E-state index contributed by atoms with van der Waals surface area (Å²) in [4.78, 5) is 9.23. The van der Waals surface area contributed by atoms with Gasteiger partial charge in [-0.3, -0.25) is 10.1 Å². The molecule has 0 unspecified atom stereocenters. The fraction of sp³-hybridized carbons (Fsp3) is 0.